The molecule has 0 saturated heterocycles. The first-order valence-electron chi connectivity index (χ1n) is 6.63. The van der Waals surface area contributed by atoms with E-state index in [4.69, 9.17) is 23.2 Å². The van der Waals surface area contributed by atoms with Gasteiger partial charge in [-0.25, -0.2) is 9.37 Å². The summed E-state index contributed by atoms with van der Waals surface area (Å²) >= 11 is 12.1. The number of halogens is 3. The number of nitrogens with zero attached hydrogens (tertiary/aromatic N) is 2. The van der Waals surface area contributed by atoms with E-state index in [1.165, 1.54) is 6.07 Å². The molecule has 0 spiro atoms. The van der Waals surface area contributed by atoms with Crippen molar-refractivity contribution >= 4 is 34.2 Å². The number of hydrogen-bond donors (Lipinski definition) is 0. The number of aromatic nitrogens is 2. The Labute approximate surface area is 132 Å². The smallest absolute Gasteiger partial charge is 0.128 e. The van der Waals surface area contributed by atoms with Crippen molar-refractivity contribution in [2.45, 2.75) is 13.0 Å². The minimum absolute atomic E-state index is 0.233. The van der Waals surface area contributed by atoms with Crippen molar-refractivity contribution in [1.29, 1.82) is 0 Å². The number of benzene rings is 2. The van der Waals surface area contributed by atoms with Gasteiger partial charge in [-0.15, -0.1) is 11.6 Å². The fourth-order valence-electron chi connectivity index (χ4n) is 2.43. The first-order chi connectivity index (χ1) is 10.2. The second-order valence-electron chi connectivity index (χ2n) is 4.75. The van der Waals surface area contributed by atoms with Crippen LogP contribution in [0, 0.1) is 5.82 Å². The summed E-state index contributed by atoms with van der Waals surface area (Å²) in [4.78, 5) is 4.56. The van der Waals surface area contributed by atoms with Gasteiger partial charge in [0, 0.05) is 17.9 Å². The lowest BCUT2D eigenvalue weighted by atomic mass is 10.2. The normalized spacial score (nSPS) is 11.2. The molecule has 0 N–H and O–H groups in total. The molecule has 0 aliphatic rings. The molecule has 0 unspecified atom stereocenters. The Hall–Kier alpha value is -1.58. The molecule has 0 aliphatic heterocycles. The zero-order chi connectivity index (χ0) is 14.8. The van der Waals surface area contributed by atoms with Crippen LogP contribution in [0.3, 0.4) is 0 Å². The van der Waals surface area contributed by atoms with E-state index in [9.17, 15) is 4.39 Å². The molecular formula is C16H13Cl2FN2. The van der Waals surface area contributed by atoms with Gasteiger partial charge < -0.3 is 4.57 Å². The SMILES string of the molecule is Fc1ccccc1Cn1c(CCCl)nc2cccc(Cl)c21. The summed E-state index contributed by atoms with van der Waals surface area (Å²) in [6, 6.07) is 12.3. The fraction of sp³-hybridized carbons (Fsp3) is 0.188. The standard InChI is InChI=1S/C16H13Cl2FN2/c17-9-8-15-20-14-7-3-5-12(18)16(14)21(15)10-11-4-1-2-6-13(11)19/h1-7H,8-10H2. The molecule has 1 heterocycles. The molecule has 3 rings (SSSR count). The van der Waals surface area contributed by atoms with Crippen molar-refractivity contribution in [2.75, 3.05) is 5.88 Å². The first-order valence-corrected chi connectivity index (χ1v) is 7.55. The van der Waals surface area contributed by atoms with Crippen LogP contribution >= 0.6 is 23.2 Å². The van der Waals surface area contributed by atoms with Gasteiger partial charge in [-0.1, -0.05) is 35.9 Å². The van der Waals surface area contributed by atoms with Gasteiger partial charge in [-0.05, 0) is 18.2 Å². The number of rotatable bonds is 4. The summed E-state index contributed by atoms with van der Waals surface area (Å²) in [6.45, 7) is 0.388. The van der Waals surface area contributed by atoms with E-state index in [1.54, 1.807) is 12.1 Å². The van der Waals surface area contributed by atoms with E-state index >= 15 is 0 Å². The van der Waals surface area contributed by atoms with Crippen molar-refractivity contribution in [3.63, 3.8) is 0 Å². The topological polar surface area (TPSA) is 17.8 Å². The Kier molecular flexibility index (Phi) is 4.13. The van der Waals surface area contributed by atoms with E-state index in [1.807, 2.05) is 28.8 Å². The van der Waals surface area contributed by atoms with Crippen molar-refractivity contribution < 1.29 is 4.39 Å². The summed E-state index contributed by atoms with van der Waals surface area (Å²) in [5.41, 5.74) is 2.23. The lowest BCUT2D eigenvalue weighted by Crippen LogP contribution is -2.07. The van der Waals surface area contributed by atoms with Gasteiger partial charge in [0.15, 0.2) is 0 Å². The molecule has 21 heavy (non-hydrogen) atoms. The third-order valence-corrected chi connectivity index (χ3v) is 3.89. The minimum atomic E-state index is -0.233. The van der Waals surface area contributed by atoms with Crippen molar-refractivity contribution in [3.8, 4) is 0 Å². The van der Waals surface area contributed by atoms with Gasteiger partial charge in [-0.2, -0.15) is 0 Å². The molecule has 0 saturated carbocycles. The Morgan fingerprint density at radius 2 is 1.90 bits per heavy atom. The van der Waals surface area contributed by atoms with Crippen LogP contribution in [0.4, 0.5) is 4.39 Å². The lowest BCUT2D eigenvalue weighted by Gasteiger charge is -2.10. The highest BCUT2D eigenvalue weighted by atomic mass is 35.5. The molecule has 2 aromatic carbocycles. The first kappa shape index (κ1) is 14.4. The number of imidazole rings is 1. The van der Waals surface area contributed by atoms with E-state index < -0.39 is 0 Å². The average Bonchev–Trinajstić information content (AvgIpc) is 2.81. The van der Waals surface area contributed by atoms with Crippen LogP contribution in [0.1, 0.15) is 11.4 Å². The van der Waals surface area contributed by atoms with Crippen LogP contribution in [0.15, 0.2) is 42.5 Å². The molecule has 0 radical (unpaired) electrons. The molecular weight excluding hydrogens is 310 g/mol. The molecule has 2 nitrogen and oxygen atoms in total. The Morgan fingerprint density at radius 1 is 1.10 bits per heavy atom. The predicted octanol–water partition coefficient (Wildman–Crippen LogP) is 4.66. The van der Waals surface area contributed by atoms with Crippen LogP contribution in [-0.4, -0.2) is 15.4 Å². The fourth-order valence-corrected chi connectivity index (χ4v) is 2.87. The van der Waals surface area contributed by atoms with Crippen molar-refractivity contribution in [3.05, 3.63) is 64.7 Å². The molecule has 0 amide bonds. The molecule has 0 bridgehead atoms. The van der Waals surface area contributed by atoms with Gasteiger partial charge in [0.05, 0.1) is 22.6 Å². The summed E-state index contributed by atoms with van der Waals surface area (Å²) in [6.07, 6.45) is 0.612. The summed E-state index contributed by atoms with van der Waals surface area (Å²) in [5.74, 6) is 1.04. The Balaban J connectivity index is 2.15. The molecule has 0 atom stereocenters. The second-order valence-corrected chi connectivity index (χ2v) is 5.54. The maximum atomic E-state index is 13.9. The van der Waals surface area contributed by atoms with Crippen LogP contribution in [-0.2, 0) is 13.0 Å². The highest BCUT2D eigenvalue weighted by Gasteiger charge is 2.14. The van der Waals surface area contributed by atoms with E-state index in [0.717, 1.165) is 16.9 Å². The quantitative estimate of drug-likeness (QED) is 0.639. The molecule has 0 fully saturated rings. The van der Waals surface area contributed by atoms with Crippen molar-refractivity contribution in [2.24, 2.45) is 0 Å². The van der Waals surface area contributed by atoms with Crippen LogP contribution < -0.4 is 0 Å². The third kappa shape index (κ3) is 2.76. The second kappa shape index (κ2) is 6.04. The third-order valence-electron chi connectivity index (χ3n) is 3.40. The summed E-state index contributed by atoms with van der Waals surface area (Å²) in [7, 11) is 0. The molecule has 5 heteroatoms. The minimum Gasteiger partial charge on any atom is -0.322 e. The van der Waals surface area contributed by atoms with Crippen LogP contribution in [0.2, 0.25) is 5.02 Å². The molecule has 0 aliphatic carbocycles. The maximum Gasteiger partial charge on any atom is 0.128 e. The number of aryl methyl sites for hydroxylation is 1. The van der Waals surface area contributed by atoms with Crippen molar-refractivity contribution in [1.82, 2.24) is 9.55 Å². The molecule has 108 valence electrons. The van der Waals surface area contributed by atoms with Crippen LogP contribution in [0.5, 0.6) is 0 Å². The predicted molar refractivity (Wildman–Crippen MR) is 84.7 cm³/mol. The van der Waals surface area contributed by atoms with E-state index in [0.29, 0.717) is 29.4 Å². The maximum absolute atomic E-state index is 13.9. The largest absolute Gasteiger partial charge is 0.322 e. The molecule has 1 aromatic heterocycles. The van der Waals surface area contributed by atoms with Gasteiger partial charge in [0.1, 0.15) is 11.6 Å². The zero-order valence-electron chi connectivity index (χ0n) is 11.2. The highest BCUT2D eigenvalue weighted by molar-refractivity contribution is 6.35. The van der Waals surface area contributed by atoms with E-state index in [-0.39, 0.29) is 5.82 Å². The number of fused-ring (bicyclic) bond motifs is 1. The number of para-hydroxylation sites is 1. The van der Waals surface area contributed by atoms with E-state index in [2.05, 4.69) is 4.98 Å². The molecule has 3 aromatic rings. The Bertz CT molecular complexity index is 783. The van der Waals surface area contributed by atoms with Gasteiger partial charge in [-0.3, -0.25) is 0 Å². The zero-order valence-corrected chi connectivity index (χ0v) is 12.7. The summed E-state index contributed by atoms with van der Waals surface area (Å²) in [5, 5.41) is 0.608. The highest BCUT2D eigenvalue weighted by Crippen LogP contribution is 2.26. The monoisotopic (exact) mass is 322 g/mol. The Morgan fingerprint density at radius 3 is 2.67 bits per heavy atom. The summed E-state index contributed by atoms with van der Waals surface area (Å²) < 4.78 is 15.8. The average molecular weight is 323 g/mol. The van der Waals surface area contributed by atoms with Gasteiger partial charge >= 0.3 is 0 Å². The lowest BCUT2D eigenvalue weighted by molar-refractivity contribution is 0.598. The van der Waals surface area contributed by atoms with Gasteiger partial charge in [0.2, 0.25) is 0 Å². The number of hydrogen-bond acceptors (Lipinski definition) is 1. The van der Waals surface area contributed by atoms with Gasteiger partial charge in [0.25, 0.3) is 0 Å². The number of alkyl halides is 1. The van der Waals surface area contributed by atoms with Crippen LogP contribution in [0.25, 0.3) is 11.0 Å².